The van der Waals surface area contributed by atoms with Gasteiger partial charge < -0.3 is 15.0 Å². The van der Waals surface area contributed by atoms with Crippen LogP contribution < -0.4 is 5.32 Å². The quantitative estimate of drug-likeness (QED) is 0.753. The van der Waals surface area contributed by atoms with Gasteiger partial charge in [-0.3, -0.25) is 4.90 Å². The van der Waals surface area contributed by atoms with Gasteiger partial charge in [-0.25, -0.2) is 0 Å². The molecule has 2 atom stereocenters. The third-order valence-corrected chi connectivity index (χ3v) is 5.44. The number of nitrogens with one attached hydrogen (secondary N) is 1. The molecule has 0 aromatic rings. The van der Waals surface area contributed by atoms with E-state index in [-0.39, 0.29) is 0 Å². The Labute approximate surface area is 130 Å². The van der Waals surface area contributed by atoms with Crippen molar-refractivity contribution in [2.24, 2.45) is 5.92 Å². The molecule has 21 heavy (non-hydrogen) atoms. The number of hydrogen-bond acceptors (Lipinski definition) is 4. The Kier molecular flexibility index (Phi) is 6.34. The van der Waals surface area contributed by atoms with Crippen LogP contribution in [0.2, 0.25) is 0 Å². The van der Waals surface area contributed by atoms with Gasteiger partial charge in [-0.05, 0) is 51.1 Å². The Bertz CT molecular complexity index is 294. The highest BCUT2D eigenvalue weighted by molar-refractivity contribution is 4.86. The molecule has 4 nitrogen and oxygen atoms in total. The summed E-state index contributed by atoms with van der Waals surface area (Å²) >= 11 is 0. The fourth-order valence-corrected chi connectivity index (χ4v) is 4.14. The predicted molar refractivity (Wildman–Crippen MR) is 86.7 cm³/mol. The van der Waals surface area contributed by atoms with Crippen LogP contribution in [0.3, 0.4) is 0 Å². The van der Waals surface area contributed by atoms with Crippen molar-refractivity contribution < 1.29 is 4.74 Å². The monoisotopic (exact) mass is 295 g/mol. The van der Waals surface area contributed by atoms with Crippen molar-refractivity contribution in [2.75, 3.05) is 59.0 Å². The van der Waals surface area contributed by atoms with E-state index in [2.05, 4.69) is 15.1 Å². The van der Waals surface area contributed by atoms with Crippen LogP contribution in [0.1, 0.15) is 38.5 Å². The molecule has 3 fully saturated rings. The summed E-state index contributed by atoms with van der Waals surface area (Å²) in [6.07, 6.45) is 8.15. The van der Waals surface area contributed by atoms with Crippen molar-refractivity contribution >= 4 is 0 Å². The minimum Gasteiger partial charge on any atom is -0.381 e. The maximum Gasteiger partial charge on any atom is 0.0506 e. The lowest BCUT2D eigenvalue weighted by molar-refractivity contribution is 0.0266. The van der Waals surface area contributed by atoms with E-state index >= 15 is 0 Å². The Hall–Kier alpha value is -0.160. The van der Waals surface area contributed by atoms with Crippen molar-refractivity contribution in [1.82, 2.24) is 15.1 Å². The summed E-state index contributed by atoms with van der Waals surface area (Å²) in [6, 6.07) is 0.800. The van der Waals surface area contributed by atoms with Crippen LogP contribution >= 0.6 is 0 Å². The van der Waals surface area contributed by atoms with Gasteiger partial charge in [0.25, 0.3) is 0 Å². The third-order valence-electron chi connectivity index (χ3n) is 5.44. The van der Waals surface area contributed by atoms with Gasteiger partial charge in [0.2, 0.25) is 0 Å². The molecule has 1 N–H and O–H groups in total. The highest BCUT2D eigenvalue weighted by Crippen LogP contribution is 2.23. The highest BCUT2D eigenvalue weighted by atomic mass is 16.5. The average Bonchev–Trinajstić information content (AvgIpc) is 2.55. The van der Waals surface area contributed by atoms with Crippen molar-refractivity contribution in [3.8, 4) is 0 Å². The molecule has 4 heteroatoms. The number of rotatable bonds is 6. The van der Waals surface area contributed by atoms with Gasteiger partial charge >= 0.3 is 0 Å². The number of nitrogens with zero attached hydrogens (tertiary/aromatic N) is 2. The van der Waals surface area contributed by atoms with Crippen molar-refractivity contribution in [3.05, 3.63) is 0 Å². The molecule has 0 amide bonds. The number of piperazine rings is 1. The lowest BCUT2D eigenvalue weighted by Crippen LogP contribution is -2.55. The van der Waals surface area contributed by atoms with E-state index in [9.17, 15) is 0 Å². The predicted octanol–water partition coefficient (Wildman–Crippen LogP) is 1.56. The third kappa shape index (κ3) is 4.92. The molecule has 0 saturated carbocycles. The van der Waals surface area contributed by atoms with Crippen LogP contribution in [0.4, 0.5) is 0 Å². The van der Waals surface area contributed by atoms with Crippen LogP contribution in [0, 0.1) is 5.92 Å². The topological polar surface area (TPSA) is 27.7 Å². The molecule has 3 aliphatic rings. The van der Waals surface area contributed by atoms with Gasteiger partial charge in [-0.15, -0.1) is 0 Å². The Morgan fingerprint density at radius 2 is 1.95 bits per heavy atom. The minimum atomic E-state index is 0.773. The molecule has 3 heterocycles. The average molecular weight is 295 g/mol. The summed E-state index contributed by atoms with van der Waals surface area (Å²) in [5.41, 5.74) is 0. The molecule has 3 aliphatic heterocycles. The van der Waals surface area contributed by atoms with Crippen LogP contribution in [-0.4, -0.2) is 74.9 Å². The van der Waals surface area contributed by atoms with Crippen molar-refractivity contribution in [1.29, 1.82) is 0 Å². The second-order valence-corrected chi connectivity index (χ2v) is 7.13. The summed E-state index contributed by atoms with van der Waals surface area (Å²) in [5.74, 6) is 0.773. The van der Waals surface area contributed by atoms with E-state index in [0.717, 1.165) is 25.2 Å². The largest absolute Gasteiger partial charge is 0.381 e. The zero-order valence-corrected chi connectivity index (χ0v) is 13.6. The summed E-state index contributed by atoms with van der Waals surface area (Å²) in [5, 5.41) is 3.51. The van der Waals surface area contributed by atoms with Crippen molar-refractivity contribution in [3.63, 3.8) is 0 Å². The lowest BCUT2D eigenvalue weighted by atomic mass is 9.92. The second kappa shape index (κ2) is 8.47. The Balaban J connectivity index is 1.24. The van der Waals surface area contributed by atoms with E-state index in [1.54, 1.807) is 0 Å². The zero-order chi connectivity index (χ0) is 14.3. The maximum atomic E-state index is 5.97. The molecule has 0 bridgehead atoms. The molecule has 0 aliphatic carbocycles. The standard InChI is InChI=1S/C17H33N3O/c1-2-8-19(9-3-1)10-4-12-21-15-16-5-6-17-13-18-7-11-20(17)14-16/h16-18H,1-15H2/t16-,17-/m1/s1. The molecule has 0 radical (unpaired) electrons. The first-order valence-corrected chi connectivity index (χ1v) is 9.17. The van der Waals surface area contributed by atoms with Crippen LogP contribution in [0.15, 0.2) is 0 Å². The fourth-order valence-electron chi connectivity index (χ4n) is 4.14. The summed E-state index contributed by atoms with van der Waals surface area (Å²) in [7, 11) is 0. The molecule has 3 saturated heterocycles. The van der Waals surface area contributed by atoms with E-state index in [1.807, 2.05) is 0 Å². The second-order valence-electron chi connectivity index (χ2n) is 7.13. The molecular formula is C17H33N3O. The lowest BCUT2D eigenvalue weighted by Gasteiger charge is -2.42. The van der Waals surface area contributed by atoms with Gasteiger partial charge in [0.1, 0.15) is 0 Å². The molecule has 122 valence electrons. The van der Waals surface area contributed by atoms with E-state index in [0.29, 0.717) is 0 Å². The van der Waals surface area contributed by atoms with Gasteiger partial charge in [0.05, 0.1) is 6.61 Å². The van der Waals surface area contributed by atoms with Gasteiger partial charge in [-0.1, -0.05) is 6.42 Å². The first-order chi connectivity index (χ1) is 10.4. The highest BCUT2D eigenvalue weighted by Gasteiger charge is 2.29. The number of likely N-dealkylation sites (tertiary alicyclic amines) is 1. The zero-order valence-electron chi connectivity index (χ0n) is 13.6. The fraction of sp³-hybridized carbons (Fsp3) is 1.00. The number of hydrogen-bond donors (Lipinski definition) is 1. The number of ether oxygens (including phenoxy) is 1. The first kappa shape index (κ1) is 15.7. The van der Waals surface area contributed by atoms with Gasteiger partial charge in [0.15, 0.2) is 0 Å². The van der Waals surface area contributed by atoms with Crippen LogP contribution in [0.5, 0.6) is 0 Å². The molecule has 3 rings (SSSR count). The molecule has 0 aromatic heterocycles. The Morgan fingerprint density at radius 3 is 2.86 bits per heavy atom. The minimum absolute atomic E-state index is 0.773. The van der Waals surface area contributed by atoms with E-state index in [1.165, 1.54) is 84.3 Å². The smallest absolute Gasteiger partial charge is 0.0506 e. The summed E-state index contributed by atoms with van der Waals surface area (Å²) < 4.78 is 5.97. The van der Waals surface area contributed by atoms with E-state index < -0.39 is 0 Å². The van der Waals surface area contributed by atoms with Crippen LogP contribution in [0.25, 0.3) is 0 Å². The van der Waals surface area contributed by atoms with Crippen molar-refractivity contribution in [2.45, 2.75) is 44.6 Å². The van der Waals surface area contributed by atoms with Gasteiger partial charge in [-0.2, -0.15) is 0 Å². The number of piperidine rings is 2. The number of fused-ring (bicyclic) bond motifs is 1. The summed E-state index contributed by atoms with van der Waals surface area (Å²) in [6.45, 7) is 10.7. The normalized spacial score (nSPS) is 32.0. The maximum absolute atomic E-state index is 5.97. The van der Waals surface area contributed by atoms with E-state index in [4.69, 9.17) is 4.74 Å². The Morgan fingerprint density at radius 1 is 1.05 bits per heavy atom. The van der Waals surface area contributed by atoms with Gasteiger partial charge in [0, 0.05) is 45.4 Å². The SMILES string of the molecule is C1CCN(CCCOC[C@@H]2CC[C@@H]3CNCCN3C2)CC1. The first-order valence-electron chi connectivity index (χ1n) is 9.17. The molecule has 0 aromatic carbocycles. The molecule has 0 spiro atoms. The van der Waals surface area contributed by atoms with Crippen LogP contribution in [-0.2, 0) is 4.74 Å². The molecule has 0 unspecified atom stereocenters. The molecular weight excluding hydrogens is 262 g/mol. The summed E-state index contributed by atoms with van der Waals surface area (Å²) in [4.78, 5) is 5.29.